The SMILES string of the molecule is CCN(CC(=O)O)C1CCN(Cc2ccc(F)cc2Br)CC1. The van der Waals surface area contributed by atoms with Gasteiger partial charge in [-0.25, -0.2) is 4.39 Å². The fourth-order valence-corrected chi connectivity index (χ4v) is 3.48. The van der Waals surface area contributed by atoms with Gasteiger partial charge in [0.05, 0.1) is 6.54 Å². The normalized spacial score (nSPS) is 17.1. The van der Waals surface area contributed by atoms with Crippen molar-refractivity contribution in [1.29, 1.82) is 0 Å². The number of halogens is 2. The van der Waals surface area contributed by atoms with Crippen LogP contribution < -0.4 is 0 Å². The molecule has 0 amide bonds. The Bertz CT molecular complexity index is 519. The molecule has 1 aromatic carbocycles. The van der Waals surface area contributed by atoms with Gasteiger partial charge < -0.3 is 5.11 Å². The van der Waals surface area contributed by atoms with Gasteiger partial charge in [0.1, 0.15) is 5.82 Å². The van der Waals surface area contributed by atoms with Crippen LogP contribution in [0.4, 0.5) is 4.39 Å². The maximum Gasteiger partial charge on any atom is 0.317 e. The molecule has 1 saturated heterocycles. The Balaban J connectivity index is 1.87. The minimum absolute atomic E-state index is 0.116. The number of likely N-dealkylation sites (N-methyl/N-ethyl adjacent to an activating group) is 1. The molecule has 0 aliphatic carbocycles. The van der Waals surface area contributed by atoms with E-state index < -0.39 is 5.97 Å². The van der Waals surface area contributed by atoms with Crippen LogP contribution in [0.25, 0.3) is 0 Å². The summed E-state index contributed by atoms with van der Waals surface area (Å²) in [6.45, 7) is 5.55. The molecule has 0 saturated carbocycles. The maximum atomic E-state index is 13.1. The van der Waals surface area contributed by atoms with Crippen LogP contribution in [0.5, 0.6) is 0 Å². The molecule has 1 aliphatic heterocycles. The summed E-state index contributed by atoms with van der Waals surface area (Å²) >= 11 is 3.41. The van der Waals surface area contributed by atoms with Gasteiger partial charge in [-0.3, -0.25) is 14.6 Å². The van der Waals surface area contributed by atoms with Crippen molar-refractivity contribution < 1.29 is 14.3 Å². The van der Waals surface area contributed by atoms with E-state index in [9.17, 15) is 9.18 Å². The van der Waals surface area contributed by atoms with Gasteiger partial charge in [-0.05, 0) is 50.2 Å². The third-order valence-electron chi connectivity index (χ3n) is 4.23. The maximum absolute atomic E-state index is 13.1. The summed E-state index contributed by atoms with van der Waals surface area (Å²) in [5.74, 6) is -0.999. The zero-order valence-corrected chi connectivity index (χ0v) is 14.4. The molecule has 0 aromatic heterocycles. The number of carboxylic acids is 1. The van der Waals surface area contributed by atoms with Crippen LogP contribution in [0, 0.1) is 5.82 Å². The average molecular weight is 373 g/mol. The quantitative estimate of drug-likeness (QED) is 0.833. The molecule has 6 heteroatoms. The third kappa shape index (κ3) is 4.76. The number of likely N-dealkylation sites (tertiary alicyclic amines) is 1. The molecule has 0 spiro atoms. The smallest absolute Gasteiger partial charge is 0.317 e. The predicted octanol–water partition coefficient (Wildman–Crippen LogP) is 2.96. The van der Waals surface area contributed by atoms with Crippen molar-refractivity contribution in [3.05, 3.63) is 34.1 Å². The van der Waals surface area contributed by atoms with Gasteiger partial charge in [0.2, 0.25) is 0 Å². The van der Waals surface area contributed by atoms with Crippen LogP contribution in [-0.2, 0) is 11.3 Å². The van der Waals surface area contributed by atoms with E-state index in [0.29, 0.717) is 6.04 Å². The fraction of sp³-hybridized carbons (Fsp3) is 0.562. The molecule has 0 atom stereocenters. The van der Waals surface area contributed by atoms with Gasteiger partial charge in [0, 0.05) is 17.1 Å². The van der Waals surface area contributed by atoms with Gasteiger partial charge in [-0.2, -0.15) is 0 Å². The minimum atomic E-state index is -0.764. The van der Waals surface area contributed by atoms with E-state index in [1.165, 1.54) is 12.1 Å². The summed E-state index contributed by atoms with van der Waals surface area (Å²) in [5, 5.41) is 8.96. The van der Waals surface area contributed by atoms with E-state index >= 15 is 0 Å². The van der Waals surface area contributed by atoms with Crippen molar-refractivity contribution in [2.45, 2.75) is 32.4 Å². The Morgan fingerprint density at radius 2 is 2.14 bits per heavy atom. The molecule has 1 aliphatic rings. The molecule has 0 bridgehead atoms. The zero-order valence-electron chi connectivity index (χ0n) is 12.8. The van der Waals surface area contributed by atoms with Gasteiger partial charge in [-0.15, -0.1) is 0 Å². The number of nitrogens with zero attached hydrogens (tertiary/aromatic N) is 2. The first-order valence-corrected chi connectivity index (χ1v) is 8.41. The van der Waals surface area contributed by atoms with Crippen molar-refractivity contribution in [1.82, 2.24) is 9.80 Å². The molecule has 1 N–H and O–H groups in total. The Morgan fingerprint density at radius 1 is 1.45 bits per heavy atom. The highest BCUT2D eigenvalue weighted by molar-refractivity contribution is 9.10. The van der Waals surface area contributed by atoms with E-state index in [1.54, 1.807) is 0 Å². The summed E-state index contributed by atoms with van der Waals surface area (Å²) in [4.78, 5) is 15.3. The number of piperidine rings is 1. The number of rotatable bonds is 6. The first kappa shape index (κ1) is 17.4. The minimum Gasteiger partial charge on any atom is -0.480 e. The second-order valence-electron chi connectivity index (χ2n) is 5.70. The van der Waals surface area contributed by atoms with Crippen LogP contribution >= 0.6 is 15.9 Å². The van der Waals surface area contributed by atoms with Gasteiger partial charge in [0.25, 0.3) is 0 Å². The summed E-state index contributed by atoms with van der Waals surface area (Å²) in [6, 6.07) is 5.13. The average Bonchev–Trinajstić information content (AvgIpc) is 2.48. The summed E-state index contributed by atoms with van der Waals surface area (Å²) in [5.41, 5.74) is 1.08. The molecule has 1 heterocycles. The lowest BCUT2D eigenvalue weighted by atomic mass is 10.0. The van der Waals surface area contributed by atoms with Crippen LogP contribution in [0.2, 0.25) is 0 Å². The van der Waals surface area contributed by atoms with Crippen molar-refractivity contribution in [3.8, 4) is 0 Å². The second kappa shape index (κ2) is 8.04. The monoisotopic (exact) mass is 372 g/mol. The molecule has 1 aromatic rings. The highest BCUT2D eigenvalue weighted by Gasteiger charge is 2.25. The number of carboxylic acid groups (broad SMARTS) is 1. The molecule has 0 radical (unpaired) electrons. The van der Waals surface area contributed by atoms with E-state index in [4.69, 9.17) is 5.11 Å². The standard InChI is InChI=1S/C16H22BrFN2O2/c1-2-20(11-16(21)22)14-5-7-19(8-6-14)10-12-3-4-13(18)9-15(12)17/h3-4,9,14H,2,5-8,10-11H2,1H3,(H,21,22). The Labute approximate surface area is 139 Å². The van der Waals surface area contributed by atoms with E-state index in [-0.39, 0.29) is 12.4 Å². The molecular formula is C16H22BrFN2O2. The summed E-state index contributed by atoms with van der Waals surface area (Å²) in [7, 11) is 0. The van der Waals surface area contributed by atoms with Crippen molar-refractivity contribution in [2.75, 3.05) is 26.2 Å². The number of hydrogen-bond donors (Lipinski definition) is 1. The van der Waals surface area contributed by atoms with Gasteiger partial charge in [0.15, 0.2) is 0 Å². The number of benzene rings is 1. The third-order valence-corrected chi connectivity index (χ3v) is 4.97. The highest BCUT2D eigenvalue weighted by atomic mass is 79.9. The number of carbonyl (C=O) groups is 1. The predicted molar refractivity (Wildman–Crippen MR) is 87.3 cm³/mol. The molecule has 0 unspecified atom stereocenters. The highest BCUT2D eigenvalue weighted by Crippen LogP contribution is 2.23. The van der Waals surface area contributed by atoms with E-state index in [1.807, 2.05) is 17.9 Å². The molecule has 2 rings (SSSR count). The molecule has 1 fully saturated rings. The zero-order chi connectivity index (χ0) is 16.1. The van der Waals surface area contributed by atoms with Crippen molar-refractivity contribution in [2.24, 2.45) is 0 Å². The number of aliphatic carboxylic acids is 1. The van der Waals surface area contributed by atoms with Crippen LogP contribution in [0.3, 0.4) is 0 Å². The summed E-state index contributed by atoms with van der Waals surface area (Å²) in [6.07, 6.45) is 1.94. The van der Waals surface area contributed by atoms with Gasteiger partial charge >= 0.3 is 5.97 Å². The Kier molecular flexibility index (Phi) is 6.35. The molecular weight excluding hydrogens is 351 g/mol. The topological polar surface area (TPSA) is 43.8 Å². The lowest BCUT2D eigenvalue weighted by Crippen LogP contribution is -2.46. The molecule has 4 nitrogen and oxygen atoms in total. The largest absolute Gasteiger partial charge is 0.480 e. The molecule has 22 heavy (non-hydrogen) atoms. The summed E-state index contributed by atoms with van der Waals surface area (Å²) < 4.78 is 13.9. The van der Waals surface area contributed by atoms with Crippen LogP contribution in [0.1, 0.15) is 25.3 Å². The first-order valence-electron chi connectivity index (χ1n) is 7.61. The first-order chi connectivity index (χ1) is 10.5. The fourth-order valence-electron chi connectivity index (χ4n) is 3.01. The van der Waals surface area contributed by atoms with Gasteiger partial charge in [-0.1, -0.05) is 28.9 Å². The Morgan fingerprint density at radius 3 is 2.68 bits per heavy atom. The van der Waals surface area contributed by atoms with Crippen molar-refractivity contribution >= 4 is 21.9 Å². The Hall–Kier alpha value is -0.980. The van der Waals surface area contributed by atoms with E-state index in [2.05, 4.69) is 20.8 Å². The van der Waals surface area contributed by atoms with Crippen LogP contribution in [0.15, 0.2) is 22.7 Å². The van der Waals surface area contributed by atoms with Crippen LogP contribution in [-0.4, -0.2) is 53.1 Å². The lowest BCUT2D eigenvalue weighted by Gasteiger charge is -2.37. The lowest BCUT2D eigenvalue weighted by molar-refractivity contribution is -0.139. The second-order valence-corrected chi connectivity index (χ2v) is 6.55. The van der Waals surface area contributed by atoms with Crippen molar-refractivity contribution in [3.63, 3.8) is 0 Å². The molecule has 122 valence electrons. The van der Waals surface area contributed by atoms with E-state index in [0.717, 1.165) is 49.1 Å². The number of hydrogen-bond acceptors (Lipinski definition) is 3.